The number of benzene rings is 3. The molecule has 0 atom stereocenters. The number of carbonyl (C=O) groups excluding carboxylic acids is 1. The zero-order valence-corrected chi connectivity index (χ0v) is 20.2. The molecule has 0 unspecified atom stereocenters. The molecule has 1 amide bonds. The van der Waals surface area contributed by atoms with Gasteiger partial charge in [-0.25, -0.2) is 4.99 Å². The largest absolute Gasteiger partial charge is 0.337 e. The third-order valence-corrected chi connectivity index (χ3v) is 7.92. The lowest BCUT2D eigenvalue weighted by Crippen LogP contribution is -2.29. The van der Waals surface area contributed by atoms with Crippen molar-refractivity contribution in [1.29, 1.82) is 0 Å². The quantitative estimate of drug-likeness (QED) is 0.367. The lowest BCUT2D eigenvalue weighted by Gasteiger charge is -2.17. The van der Waals surface area contributed by atoms with Gasteiger partial charge in [-0.3, -0.25) is 9.69 Å². The second-order valence-corrected chi connectivity index (χ2v) is 10.2. The molecule has 160 valence electrons. The Morgan fingerprint density at radius 3 is 2.44 bits per heavy atom. The number of aliphatic imine (C=N–C) groups is 1. The zero-order valence-electron chi connectivity index (χ0n) is 17.8. The van der Waals surface area contributed by atoms with Crippen molar-refractivity contribution >= 4 is 63.3 Å². The van der Waals surface area contributed by atoms with E-state index in [4.69, 9.17) is 16.6 Å². The number of halogens is 1. The number of hydrogen-bond acceptors (Lipinski definition) is 5. The fraction of sp³-hybridized carbons (Fsp3) is 0.120. The van der Waals surface area contributed by atoms with E-state index >= 15 is 0 Å². The van der Waals surface area contributed by atoms with Crippen LogP contribution in [0.5, 0.6) is 0 Å². The van der Waals surface area contributed by atoms with Gasteiger partial charge in [0.15, 0.2) is 5.17 Å². The first-order valence-corrected chi connectivity index (χ1v) is 12.1. The van der Waals surface area contributed by atoms with Crippen LogP contribution < -0.4 is 9.80 Å². The first kappa shape index (κ1) is 21.2. The van der Waals surface area contributed by atoms with Gasteiger partial charge in [-0.2, -0.15) is 0 Å². The standard InChI is InChI=1S/C25H20ClN3OS2/c1-15-7-10-18(11-8-15)27-25-29(19-6-4-5-16(2)13-19)23(30)22(32-25)24-28(3)20-14-17(26)9-12-21(20)31-24/h4-14H,1-3H3/b24-22-,27-25?. The van der Waals surface area contributed by atoms with Crippen LogP contribution >= 0.6 is 35.1 Å². The maximum Gasteiger partial charge on any atom is 0.274 e. The Bertz CT molecular complexity index is 1300. The molecule has 1 fully saturated rings. The Kier molecular flexibility index (Phi) is 5.53. The highest BCUT2D eigenvalue weighted by molar-refractivity contribution is 8.20. The molecular formula is C25H20ClN3OS2. The van der Waals surface area contributed by atoms with Crippen molar-refractivity contribution in [3.63, 3.8) is 0 Å². The number of rotatable bonds is 2. The summed E-state index contributed by atoms with van der Waals surface area (Å²) < 4.78 is 0. The van der Waals surface area contributed by atoms with Gasteiger partial charge in [0.1, 0.15) is 4.91 Å². The van der Waals surface area contributed by atoms with Gasteiger partial charge < -0.3 is 4.90 Å². The van der Waals surface area contributed by atoms with Crippen LogP contribution in [0.15, 0.2) is 86.6 Å². The average Bonchev–Trinajstić information content (AvgIpc) is 3.26. The van der Waals surface area contributed by atoms with E-state index in [1.54, 1.807) is 16.7 Å². The zero-order chi connectivity index (χ0) is 22.4. The summed E-state index contributed by atoms with van der Waals surface area (Å²) in [6, 6.07) is 21.7. The van der Waals surface area contributed by atoms with Gasteiger partial charge in [0.2, 0.25) is 0 Å². The molecule has 2 heterocycles. The monoisotopic (exact) mass is 477 g/mol. The Balaban J connectivity index is 1.61. The van der Waals surface area contributed by atoms with E-state index in [0.717, 1.165) is 32.6 Å². The van der Waals surface area contributed by atoms with E-state index in [1.807, 2.05) is 92.5 Å². The summed E-state index contributed by atoms with van der Waals surface area (Å²) >= 11 is 9.22. The number of thioether (sulfide) groups is 2. The molecule has 4 nitrogen and oxygen atoms in total. The average molecular weight is 478 g/mol. The normalized spacial score (nSPS) is 19.2. The fourth-order valence-electron chi connectivity index (χ4n) is 3.62. The first-order chi connectivity index (χ1) is 15.4. The summed E-state index contributed by atoms with van der Waals surface area (Å²) in [5.74, 6) is -0.0697. The first-order valence-electron chi connectivity index (χ1n) is 10.1. The maximum atomic E-state index is 13.7. The second-order valence-electron chi connectivity index (χ2n) is 7.72. The highest BCUT2D eigenvalue weighted by Gasteiger charge is 2.40. The lowest BCUT2D eigenvalue weighted by atomic mass is 10.2. The van der Waals surface area contributed by atoms with Crippen molar-refractivity contribution in [1.82, 2.24) is 0 Å². The number of carbonyl (C=O) groups is 1. The van der Waals surface area contributed by atoms with E-state index in [2.05, 4.69) is 0 Å². The minimum absolute atomic E-state index is 0.0697. The minimum atomic E-state index is -0.0697. The predicted octanol–water partition coefficient (Wildman–Crippen LogP) is 7.14. The molecular weight excluding hydrogens is 458 g/mol. The van der Waals surface area contributed by atoms with Crippen LogP contribution in [0.2, 0.25) is 5.02 Å². The summed E-state index contributed by atoms with van der Waals surface area (Å²) in [5, 5.41) is 2.22. The highest BCUT2D eigenvalue weighted by Crippen LogP contribution is 2.51. The van der Waals surface area contributed by atoms with Crippen LogP contribution in [0.4, 0.5) is 17.1 Å². The predicted molar refractivity (Wildman–Crippen MR) is 137 cm³/mol. The summed E-state index contributed by atoms with van der Waals surface area (Å²) in [6.45, 7) is 4.07. The molecule has 32 heavy (non-hydrogen) atoms. The highest BCUT2D eigenvalue weighted by atomic mass is 35.5. The number of hydrogen-bond donors (Lipinski definition) is 0. The molecule has 0 bridgehead atoms. The second kappa shape index (κ2) is 8.35. The van der Waals surface area contributed by atoms with E-state index in [1.165, 1.54) is 17.3 Å². The van der Waals surface area contributed by atoms with Crippen LogP contribution in [0.25, 0.3) is 0 Å². The van der Waals surface area contributed by atoms with E-state index in [0.29, 0.717) is 15.1 Å². The minimum Gasteiger partial charge on any atom is -0.337 e. The Hall–Kier alpha value is -2.67. The molecule has 0 aliphatic carbocycles. The van der Waals surface area contributed by atoms with Gasteiger partial charge in [0.05, 0.1) is 22.1 Å². The number of amidine groups is 1. The van der Waals surface area contributed by atoms with Crippen molar-refractivity contribution in [3.8, 4) is 0 Å². The van der Waals surface area contributed by atoms with Gasteiger partial charge >= 0.3 is 0 Å². The molecule has 3 aromatic rings. The summed E-state index contributed by atoms with van der Waals surface area (Å²) in [7, 11) is 1.97. The third kappa shape index (κ3) is 3.83. The van der Waals surface area contributed by atoms with Crippen molar-refractivity contribution in [2.75, 3.05) is 16.8 Å². The number of amides is 1. The SMILES string of the molecule is Cc1ccc(N=C2S/C(=C3\Sc4ccc(Cl)cc4N3C)C(=O)N2c2cccc(C)c2)cc1. The van der Waals surface area contributed by atoms with Crippen molar-refractivity contribution in [2.24, 2.45) is 4.99 Å². The lowest BCUT2D eigenvalue weighted by molar-refractivity contribution is -0.113. The topological polar surface area (TPSA) is 35.9 Å². The van der Waals surface area contributed by atoms with Crippen LogP contribution in [0.1, 0.15) is 11.1 Å². The number of anilines is 2. The molecule has 5 rings (SSSR count). The number of fused-ring (bicyclic) bond motifs is 1. The molecule has 2 aliphatic rings. The Labute approximate surface area is 201 Å². The van der Waals surface area contributed by atoms with E-state index in [9.17, 15) is 4.79 Å². The van der Waals surface area contributed by atoms with Crippen LogP contribution in [0, 0.1) is 13.8 Å². The van der Waals surface area contributed by atoms with Crippen LogP contribution in [0.3, 0.4) is 0 Å². The number of nitrogens with zero attached hydrogens (tertiary/aromatic N) is 3. The molecule has 0 spiro atoms. The van der Waals surface area contributed by atoms with Crippen molar-refractivity contribution in [3.05, 3.63) is 92.8 Å². The maximum absolute atomic E-state index is 13.7. The van der Waals surface area contributed by atoms with Gasteiger partial charge in [-0.05, 0) is 73.6 Å². The molecule has 0 aromatic heterocycles. The van der Waals surface area contributed by atoms with E-state index in [-0.39, 0.29) is 5.91 Å². The van der Waals surface area contributed by atoms with Gasteiger partial charge in [-0.15, -0.1) is 0 Å². The molecule has 0 radical (unpaired) electrons. The smallest absolute Gasteiger partial charge is 0.274 e. The van der Waals surface area contributed by atoms with Gasteiger partial charge in [0, 0.05) is 17.0 Å². The van der Waals surface area contributed by atoms with Crippen molar-refractivity contribution in [2.45, 2.75) is 18.7 Å². The van der Waals surface area contributed by atoms with Gasteiger partial charge in [0.25, 0.3) is 5.91 Å². The molecule has 3 aromatic carbocycles. The van der Waals surface area contributed by atoms with Crippen LogP contribution in [-0.4, -0.2) is 18.1 Å². The third-order valence-electron chi connectivity index (χ3n) is 5.29. The molecule has 0 N–H and O–H groups in total. The Morgan fingerprint density at radius 2 is 1.69 bits per heavy atom. The molecule has 1 saturated heterocycles. The van der Waals surface area contributed by atoms with Crippen molar-refractivity contribution < 1.29 is 4.79 Å². The molecule has 0 saturated carbocycles. The summed E-state index contributed by atoms with van der Waals surface area (Å²) in [6.07, 6.45) is 0. The summed E-state index contributed by atoms with van der Waals surface area (Å²) in [5.41, 5.74) is 4.89. The molecule has 2 aliphatic heterocycles. The number of aryl methyl sites for hydroxylation is 2. The summed E-state index contributed by atoms with van der Waals surface area (Å²) in [4.78, 5) is 24.1. The van der Waals surface area contributed by atoms with E-state index < -0.39 is 0 Å². The van der Waals surface area contributed by atoms with Crippen LogP contribution in [-0.2, 0) is 4.79 Å². The fourth-order valence-corrected chi connectivity index (χ4v) is 6.11. The Morgan fingerprint density at radius 1 is 0.906 bits per heavy atom. The van der Waals surface area contributed by atoms with Gasteiger partial charge in [-0.1, -0.05) is 53.2 Å². The molecule has 7 heteroatoms.